The molecule has 0 aliphatic carbocycles. The van der Waals surface area contributed by atoms with E-state index in [-0.39, 0.29) is 12.8 Å². The van der Waals surface area contributed by atoms with Crippen LogP contribution in [0.4, 0.5) is 20.4 Å². The Labute approximate surface area is 164 Å². The molecule has 2 fully saturated rings. The number of halogens is 2. The Balaban J connectivity index is 1.35. The maximum atomic E-state index is 13.4. The van der Waals surface area contributed by atoms with Gasteiger partial charge in [0.2, 0.25) is 0 Å². The number of nitrogens with zero attached hydrogens (tertiary/aromatic N) is 6. The van der Waals surface area contributed by atoms with Gasteiger partial charge in [0.1, 0.15) is 18.0 Å². The zero-order chi connectivity index (χ0) is 19.6. The molecule has 150 valence electrons. The van der Waals surface area contributed by atoms with E-state index < -0.39 is 5.92 Å². The molecule has 2 saturated heterocycles. The van der Waals surface area contributed by atoms with Gasteiger partial charge < -0.3 is 9.80 Å². The van der Waals surface area contributed by atoms with Crippen molar-refractivity contribution in [3.05, 3.63) is 42.0 Å². The molecule has 0 N–H and O–H groups in total. The molecule has 2 aliphatic rings. The fourth-order valence-corrected chi connectivity index (χ4v) is 3.78. The summed E-state index contributed by atoms with van der Waals surface area (Å²) in [5.41, 5.74) is 2.53. The standard InChI is InChI=1S/C20H26F2N6/c1-16-2-5-23-13-17(16)14-26-8-10-28(11-9-26)19-12-18(24-15-25-19)27-6-3-20(21,22)4-7-27/h2,5,12-13,15H,3-4,6-11,14H2,1H3. The van der Waals surface area contributed by atoms with Crippen LogP contribution in [0.1, 0.15) is 24.0 Å². The lowest BCUT2D eigenvalue weighted by atomic mass is 10.1. The lowest BCUT2D eigenvalue weighted by molar-refractivity contribution is -0.0221. The summed E-state index contributed by atoms with van der Waals surface area (Å²) in [6.07, 6.45) is 5.09. The highest BCUT2D eigenvalue weighted by molar-refractivity contribution is 5.50. The number of piperidine rings is 1. The topological polar surface area (TPSA) is 48.4 Å². The first kappa shape index (κ1) is 19.0. The van der Waals surface area contributed by atoms with Crippen LogP contribution in [-0.2, 0) is 6.54 Å². The third-order valence-electron chi connectivity index (χ3n) is 5.69. The molecule has 0 atom stereocenters. The number of aromatic nitrogens is 3. The largest absolute Gasteiger partial charge is 0.356 e. The summed E-state index contributed by atoms with van der Waals surface area (Å²) in [6.45, 7) is 7.36. The van der Waals surface area contributed by atoms with Crippen molar-refractivity contribution in [3.8, 4) is 0 Å². The van der Waals surface area contributed by atoms with Crippen molar-refractivity contribution in [2.45, 2.75) is 32.2 Å². The first-order valence-electron chi connectivity index (χ1n) is 9.82. The summed E-state index contributed by atoms with van der Waals surface area (Å²) in [4.78, 5) is 19.6. The van der Waals surface area contributed by atoms with E-state index in [1.54, 1.807) is 6.33 Å². The zero-order valence-electron chi connectivity index (χ0n) is 16.2. The molecule has 0 spiro atoms. The molecule has 28 heavy (non-hydrogen) atoms. The summed E-state index contributed by atoms with van der Waals surface area (Å²) in [6, 6.07) is 3.98. The van der Waals surface area contributed by atoms with Crippen molar-refractivity contribution in [1.82, 2.24) is 19.9 Å². The molecule has 2 aromatic heterocycles. The summed E-state index contributed by atoms with van der Waals surface area (Å²) >= 11 is 0. The average molecular weight is 388 g/mol. The average Bonchev–Trinajstić information content (AvgIpc) is 2.70. The predicted molar refractivity (Wildman–Crippen MR) is 105 cm³/mol. The van der Waals surface area contributed by atoms with Crippen molar-refractivity contribution in [1.29, 1.82) is 0 Å². The number of piperazine rings is 1. The molecule has 2 aromatic rings. The maximum Gasteiger partial charge on any atom is 0.251 e. The summed E-state index contributed by atoms with van der Waals surface area (Å²) in [5, 5.41) is 0. The minimum absolute atomic E-state index is 0.112. The molecule has 0 saturated carbocycles. The lowest BCUT2D eigenvalue weighted by Crippen LogP contribution is -2.46. The highest BCUT2D eigenvalue weighted by Gasteiger charge is 2.34. The highest BCUT2D eigenvalue weighted by atomic mass is 19.3. The Hall–Kier alpha value is -2.35. The maximum absolute atomic E-state index is 13.4. The van der Waals surface area contributed by atoms with Crippen molar-refractivity contribution in [2.75, 3.05) is 49.1 Å². The number of alkyl halides is 2. The number of rotatable bonds is 4. The lowest BCUT2D eigenvalue weighted by Gasteiger charge is -2.36. The van der Waals surface area contributed by atoms with Gasteiger partial charge in [-0.15, -0.1) is 0 Å². The molecule has 0 unspecified atom stereocenters. The summed E-state index contributed by atoms with van der Waals surface area (Å²) in [7, 11) is 0. The second kappa shape index (κ2) is 7.95. The number of pyridine rings is 1. The molecule has 6 nitrogen and oxygen atoms in total. The number of aryl methyl sites for hydroxylation is 1. The van der Waals surface area contributed by atoms with Gasteiger partial charge in [0.15, 0.2) is 0 Å². The van der Waals surface area contributed by atoms with Crippen LogP contribution < -0.4 is 9.80 Å². The van der Waals surface area contributed by atoms with Gasteiger partial charge in [-0.2, -0.15) is 0 Å². The van der Waals surface area contributed by atoms with E-state index in [2.05, 4.69) is 31.7 Å². The molecule has 0 bridgehead atoms. The van der Waals surface area contributed by atoms with Crippen LogP contribution in [0.3, 0.4) is 0 Å². The summed E-state index contributed by atoms with van der Waals surface area (Å²) in [5.74, 6) is -0.927. The highest BCUT2D eigenvalue weighted by Crippen LogP contribution is 2.30. The third kappa shape index (κ3) is 4.38. The van der Waals surface area contributed by atoms with Crippen LogP contribution in [-0.4, -0.2) is 65.0 Å². The predicted octanol–water partition coefficient (Wildman–Crippen LogP) is 2.74. The fraction of sp³-hybridized carbons (Fsp3) is 0.550. The Bertz CT molecular complexity index is 797. The minimum Gasteiger partial charge on any atom is -0.356 e. The molecule has 4 heterocycles. The molecule has 4 rings (SSSR count). The molecule has 8 heteroatoms. The Morgan fingerprint density at radius 2 is 1.61 bits per heavy atom. The van der Waals surface area contributed by atoms with E-state index in [1.165, 1.54) is 11.1 Å². The van der Waals surface area contributed by atoms with Gasteiger partial charge in [-0.1, -0.05) is 0 Å². The first-order chi connectivity index (χ1) is 13.5. The van der Waals surface area contributed by atoms with E-state index in [0.29, 0.717) is 13.1 Å². The Morgan fingerprint density at radius 3 is 2.25 bits per heavy atom. The first-order valence-corrected chi connectivity index (χ1v) is 9.82. The Kier molecular flexibility index (Phi) is 5.39. The van der Waals surface area contributed by atoms with Gasteiger partial charge in [-0.05, 0) is 24.1 Å². The van der Waals surface area contributed by atoms with E-state index in [0.717, 1.165) is 44.4 Å². The third-order valence-corrected chi connectivity index (χ3v) is 5.69. The number of anilines is 2. The smallest absolute Gasteiger partial charge is 0.251 e. The number of hydrogen-bond donors (Lipinski definition) is 0. The van der Waals surface area contributed by atoms with Crippen LogP contribution in [0.5, 0.6) is 0 Å². The SMILES string of the molecule is Cc1ccncc1CN1CCN(c2cc(N3CCC(F)(F)CC3)ncn2)CC1. The van der Waals surface area contributed by atoms with Gasteiger partial charge in [0, 0.05) is 77.1 Å². The van der Waals surface area contributed by atoms with Gasteiger partial charge in [-0.25, -0.2) is 18.7 Å². The van der Waals surface area contributed by atoms with E-state index in [4.69, 9.17) is 0 Å². The molecular formula is C20H26F2N6. The zero-order valence-corrected chi connectivity index (χ0v) is 16.2. The molecule has 0 radical (unpaired) electrons. The van der Waals surface area contributed by atoms with Gasteiger partial charge in [0.25, 0.3) is 5.92 Å². The van der Waals surface area contributed by atoms with E-state index >= 15 is 0 Å². The fourth-order valence-electron chi connectivity index (χ4n) is 3.78. The normalized spacial score (nSPS) is 20.4. The van der Waals surface area contributed by atoms with Crippen LogP contribution in [0, 0.1) is 6.92 Å². The van der Waals surface area contributed by atoms with Crippen molar-refractivity contribution in [3.63, 3.8) is 0 Å². The Morgan fingerprint density at radius 1 is 0.964 bits per heavy atom. The quantitative estimate of drug-likeness (QED) is 0.803. The van der Waals surface area contributed by atoms with Gasteiger partial charge in [-0.3, -0.25) is 9.88 Å². The van der Waals surface area contributed by atoms with E-state index in [9.17, 15) is 8.78 Å². The van der Waals surface area contributed by atoms with E-state index in [1.807, 2.05) is 29.4 Å². The molecule has 0 amide bonds. The van der Waals surface area contributed by atoms with Gasteiger partial charge in [0.05, 0.1) is 0 Å². The second-order valence-electron chi connectivity index (χ2n) is 7.64. The molecule has 0 aromatic carbocycles. The molecule has 2 aliphatic heterocycles. The van der Waals surface area contributed by atoms with Crippen LogP contribution in [0.25, 0.3) is 0 Å². The van der Waals surface area contributed by atoms with Crippen LogP contribution >= 0.6 is 0 Å². The van der Waals surface area contributed by atoms with Crippen LogP contribution in [0.2, 0.25) is 0 Å². The monoisotopic (exact) mass is 388 g/mol. The summed E-state index contributed by atoms with van der Waals surface area (Å²) < 4.78 is 26.8. The van der Waals surface area contributed by atoms with Gasteiger partial charge >= 0.3 is 0 Å². The number of hydrogen-bond acceptors (Lipinski definition) is 6. The van der Waals surface area contributed by atoms with Crippen LogP contribution in [0.15, 0.2) is 30.9 Å². The van der Waals surface area contributed by atoms with Crippen molar-refractivity contribution >= 4 is 11.6 Å². The minimum atomic E-state index is -2.55. The van der Waals surface area contributed by atoms with Crippen molar-refractivity contribution < 1.29 is 8.78 Å². The second-order valence-corrected chi connectivity index (χ2v) is 7.64. The molecular weight excluding hydrogens is 362 g/mol. The van der Waals surface area contributed by atoms with Crippen molar-refractivity contribution in [2.24, 2.45) is 0 Å².